The third kappa shape index (κ3) is 2.79. The average Bonchev–Trinajstić information content (AvgIpc) is 1.77. The Morgan fingerprint density at radius 2 is 1.00 bits per heavy atom. The van der Waals surface area contributed by atoms with E-state index in [1.807, 2.05) is 0 Å². The van der Waals surface area contributed by atoms with Crippen LogP contribution in [0.3, 0.4) is 0 Å². The predicted octanol–water partition coefficient (Wildman–Crippen LogP) is -0.924. The predicted molar refractivity (Wildman–Crippen MR) is 28.9 cm³/mol. The van der Waals surface area contributed by atoms with Crippen LogP contribution >= 0.6 is 0 Å². The molecule has 0 saturated carbocycles. The van der Waals surface area contributed by atoms with E-state index >= 15 is 0 Å². The first kappa shape index (κ1) is 8.87. The van der Waals surface area contributed by atoms with Crippen molar-refractivity contribution in [3.63, 3.8) is 0 Å². The van der Waals surface area contributed by atoms with Gasteiger partial charge in [-0.3, -0.25) is 0 Å². The van der Waals surface area contributed by atoms with Gasteiger partial charge in [-0.05, 0) is 0 Å². The molecule has 0 unspecified atom stereocenters. The topological polar surface area (TPSA) is 51.6 Å². The molecular formula is C2N4NiS2. The fourth-order valence-electron chi connectivity index (χ4n) is 0.211. The summed E-state index contributed by atoms with van der Waals surface area (Å²) in [6.07, 6.45) is 0. The quantitative estimate of drug-likeness (QED) is 0.401. The summed E-state index contributed by atoms with van der Waals surface area (Å²) < 4.78 is 0. The summed E-state index contributed by atoms with van der Waals surface area (Å²) in [4.78, 5) is 0. The first-order chi connectivity index (χ1) is 3.79. The van der Waals surface area contributed by atoms with Gasteiger partial charge in [0.15, 0.2) is 0 Å². The number of hydrogen-bond acceptors (Lipinski definition) is 6. The van der Waals surface area contributed by atoms with Gasteiger partial charge in [-0.15, -0.1) is 0 Å². The molecule has 0 amide bonds. The van der Waals surface area contributed by atoms with Crippen LogP contribution in [0.15, 0.2) is 10.3 Å². The number of nitrogens with zero attached hydrogens (tertiary/aromatic N) is 4. The summed E-state index contributed by atoms with van der Waals surface area (Å²) in [5, 5.41) is 13.7. The minimum absolute atomic E-state index is 0. The van der Waals surface area contributed by atoms with Crippen LogP contribution in [0.1, 0.15) is 0 Å². The van der Waals surface area contributed by atoms with E-state index in [0.717, 1.165) is 0 Å². The van der Waals surface area contributed by atoms with Crippen LogP contribution in [0.4, 0.5) is 0 Å². The molecule has 0 fully saturated rings. The zero-order valence-corrected chi connectivity index (χ0v) is 6.54. The smallest absolute Gasteiger partial charge is 0.736 e. The summed E-state index contributed by atoms with van der Waals surface area (Å²) in [6, 6.07) is 0. The maximum absolute atomic E-state index is 4.48. The van der Waals surface area contributed by atoms with Crippen molar-refractivity contribution in [3.05, 3.63) is 0 Å². The van der Waals surface area contributed by atoms with E-state index in [1.165, 1.54) is 0 Å². The number of aromatic nitrogens is 4. The molecule has 0 N–H and O–H groups in total. The molecule has 1 aromatic rings. The van der Waals surface area contributed by atoms with Crippen molar-refractivity contribution in [1.29, 1.82) is 0 Å². The number of rotatable bonds is 0. The summed E-state index contributed by atoms with van der Waals surface area (Å²) in [5.41, 5.74) is 0. The van der Waals surface area contributed by atoms with E-state index < -0.39 is 0 Å². The summed E-state index contributed by atoms with van der Waals surface area (Å²) in [6.45, 7) is 0. The maximum atomic E-state index is 4.48. The Bertz CT molecular complexity index is 155. The number of hydrogen-bond donors (Lipinski definition) is 0. The molecular weight excluding hydrogens is 203 g/mol. The summed E-state index contributed by atoms with van der Waals surface area (Å²) in [7, 11) is 0. The molecule has 0 aliphatic rings. The third-order valence-corrected chi connectivity index (χ3v) is 0.769. The zero-order chi connectivity index (χ0) is 5.98. The van der Waals surface area contributed by atoms with Gasteiger partial charge in [-0.2, -0.15) is 20.4 Å². The molecule has 1 rings (SSSR count). The minimum atomic E-state index is 0. The van der Waals surface area contributed by atoms with Crippen molar-refractivity contribution in [2.75, 3.05) is 0 Å². The molecule has 0 radical (unpaired) electrons. The molecule has 0 aliphatic carbocycles. The molecule has 0 saturated heterocycles. The molecule has 9 heavy (non-hydrogen) atoms. The van der Waals surface area contributed by atoms with Crippen LogP contribution in [0.25, 0.3) is 0 Å². The van der Waals surface area contributed by atoms with E-state index in [0.29, 0.717) is 0 Å². The second-order valence-electron chi connectivity index (χ2n) is 0.965. The first-order valence-corrected chi connectivity index (χ1v) is 2.52. The van der Waals surface area contributed by atoms with Crippen LogP contribution in [0.2, 0.25) is 0 Å². The van der Waals surface area contributed by atoms with Gasteiger partial charge in [-0.25, -0.2) is 0 Å². The Kier molecular flexibility index (Phi) is 3.76. The summed E-state index contributed by atoms with van der Waals surface area (Å²) >= 11 is 8.96. The van der Waals surface area contributed by atoms with Gasteiger partial charge in [0.05, 0.1) is 10.3 Å². The van der Waals surface area contributed by atoms with E-state index in [1.54, 1.807) is 0 Å². The Balaban J connectivity index is 0.000000640. The van der Waals surface area contributed by atoms with Crippen LogP contribution in [-0.2, 0) is 41.7 Å². The van der Waals surface area contributed by atoms with Gasteiger partial charge in [-0.1, -0.05) is 0 Å². The van der Waals surface area contributed by atoms with Crippen molar-refractivity contribution < 1.29 is 16.5 Å². The molecule has 1 heterocycles. The van der Waals surface area contributed by atoms with E-state index in [9.17, 15) is 0 Å². The van der Waals surface area contributed by atoms with E-state index in [2.05, 4.69) is 45.7 Å². The molecule has 0 spiro atoms. The average molecular weight is 203 g/mol. The van der Waals surface area contributed by atoms with Crippen molar-refractivity contribution in [1.82, 2.24) is 20.4 Å². The Hall–Kier alpha value is -0.126. The molecule has 0 aromatic carbocycles. The second-order valence-corrected chi connectivity index (χ2v) is 1.70. The molecule has 1 aromatic heterocycles. The monoisotopic (exact) mass is 202 g/mol. The Morgan fingerprint density at radius 1 is 0.778 bits per heavy atom. The van der Waals surface area contributed by atoms with Gasteiger partial charge in [0.2, 0.25) is 0 Å². The molecule has 50 valence electrons. The first-order valence-electron chi connectivity index (χ1n) is 1.70. The largest absolute Gasteiger partial charge is 2.00 e. The second kappa shape index (κ2) is 3.82. The standard InChI is InChI=1S/C2H2N4S2.Ni/c7-1-3-5-2(8)6-4-1;/h(H,3,4,7)(H,5,6,8);/q;+2/p-2. The van der Waals surface area contributed by atoms with Crippen molar-refractivity contribution in [2.45, 2.75) is 10.3 Å². The van der Waals surface area contributed by atoms with Crippen LogP contribution < -0.4 is 0 Å². The van der Waals surface area contributed by atoms with E-state index in [4.69, 9.17) is 0 Å². The molecule has 4 nitrogen and oxygen atoms in total. The molecule has 0 aliphatic heterocycles. The van der Waals surface area contributed by atoms with E-state index in [-0.39, 0.29) is 26.8 Å². The van der Waals surface area contributed by atoms with Gasteiger partial charge in [0.1, 0.15) is 0 Å². The zero-order valence-electron chi connectivity index (χ0n) is 3.92. The van der Waals surface area contributed by atoms with Crippen molar-refractivity contribution >= 4 is 25.3 Å². The van der Waals surface area contributed by atoms with Gasteiger partial charge in [0.25, 0.3) is 0 Å². The van der Waals surface area contributed by atoms with Gasteiger partial charge >= 0.3 is 16.5 Å². The fraction of sp³-hybridized carbons (Fsp3) is 0. The van der Waals surface area contributed by atoms with Crippen LogP contribution in [-0.4, -0.2) is 20.4 Å². The minimum Gasteiger partial charge on any atom is -0.736 e. The summed E-state index contributed by atoms with van der Waals surface area (Å²) in [5.74, 6) is 0. The van der Waals surface area contributed by atoms with Crippen LogP contribution in [0.5, 0.6) is 0 Å². The normalized spacial score (nSPS) is 8.00. The van der Waals surface area contributed by atoms with Gasteiger partial charge in [0, 0.05) is 0 Å². The van der Waals surface area contributed by atoms with Crippen molar-refractivity contribution in [3.8, 4) is 0 Å². The maximum Gasteiger partial charge on any atom is 2.00 e. The molecule has 0 bridgehead atoms. The van der Waals surface area contributed by atoms with Crippen molar-refractivity contribution in [2.24, 2.45) is 0 Å². The Morgan fingerprint density at radius 3 is 1.22 bits per heavy atom. The van der Waals surface area contributed by atoms with Crippen LogP contribution in [0, 0.1) is 0 Å². The fourth-order valence-corrected chi connectivity index (χ4v) is 0.374. The van der Waals surface area contributed by atoms with Gasteiger partial charge < -0.3 is 25.3 Å². The molecule has 0 atom stereocenters. The third-order valence-electron chi connectivity index (χ3n) is 0.442. The Labute approximate surface area is 72.6 Å². The SMILES string of the molecule is [Ni+2].[S-]c1nnc([S-])nn1. The molecule has 7 heteroatoms.